The van der Waals surface area contributed by atoms with E-state index < -0.39 is 8.32 Å². The molecule has 0 unspecified atom stereocenters. The lowest BCUT2D eigenvalue weighted by atomic mass is 10.1. The van der Waals surface area contributed by atoms with E-state index in [1.54, 1.807) is 18.0 Å². The molecule has 1 aromatic carbocycles. The highest BCUT2D eigenvalue weighted by Crippen LogP contribution is 2.41. The number of halogens is 1. The Kier molecular flexibility index (Phi) is 6.50. The largest absolute Gasteiger partial charge is 0.415 e. The van der Waals surface area contributed by atoms with E-state index >= 15 is 0 Å². The molecule has 1 saturated heterocycles. The summed E-state index contributed by atoms with van der Waals surface area (Å²) in [6, 6.07) is 1.64. The Bertz CT molecular complexity index is 893. The molecular weight excluding hydrogens is 399 g/mol. The molecule has 0 amide bonds. The summed E-state index contributed by atoms with van der Waals surface area (Å²) in [6.07, 6.45) is 2.76. The third kappa shape index (κ3) is 4.36. The van der Waals surface area contributed by atoms with Gasteiger partial charge in [0, 0.05) is 25.1 Å². The Morgan fingerprint density at radius 3 is 2.67 bits per heavy atom. The minimum absolute atomic E-state index is 0.159. The van der Waals surface area contributed by atoms with Gasteiger partial charge in [-0.05, 0) is 30.5 Å². The number of methoxy groups -OCH3 is 1. The van der Waals surface area contributed by atoms with Crippen LogP contribution in [0, 0.1) is 11.7 Å². The molecule has 0 bridgehead atoms. The zero-order valence-corrected chi connectivity index (χ0v) is 20.5. The first-order valence-corrected chi connectivity index (χ1v) is 13.7. The first-order valence-electron chi connectivity index (χ1n) is 10.8. The summed E-state index contributed by atoms with van der Waals surface area (Å²) in [5, 5.41) is 5.34. The van der Waals surface area contributed by atoms with E-state index in [9.17, 15) is 4.39 Å². The molecule has 3 rings (SSSR count). The predicted molar refractivity (Wildman–Crippen MR) is 124 cm³/mol. The molecule has 2 N–H and O–H groups in total. The topological polar surface area (TPSA) is 65.5 Å². The van der Waals surface area contributed by atoms with Crippen molar-refractivity contribution in [2.45, 2.75) is 64.8 Å². The summed E-state index contributed by atoms with van der Waals surface area (Å²) >= 11 is 0. The van der Waals surface area contributed by atoms with Crippen LogP contribution in [0.5, 0.6) is 0 Å². The quantitative estimate of drug-likeness (QED) is 0.506. The Labute approximate surface area is 180 Å². The first kappa shape index (κ1) is 23.0. The van der Waals surface area contributed by atoms with Crippen molar-refractivity contribution in [3.8, 4) is 0 Å². The zero-order chi connectivity index (χ0) is 22.3. The molecule has 168 valence electrons. The molecular formula is C22H37FN4O2Si. The molecule has 0 spiro atoms. The van der Waals surface area contributed by atoms with Gasteiger partial charge in [0.1, 0.15) is 5.52 Å². The first-order chi connectivity index (χ1) is 14.0. The number of rotatable bonds is 7. The molecule has 2 aromatic rings. The van der Waals surface area contributed by atoms with E-state index in [4.69, 9.17) is 14.9 Å². The van der Waals surface area contributed by atoms with Gasteiger partial charge in [0.05, 0.1) is 43.4 Å². The fourth-order valence-electron chi connectivity index (χ4n) is 4.01. The molecule has 0 saturated carbocycles. The van der Waals surface area contributed by atoms with E-state index in [1.807, 2.05) is 0 Å². The number of nitrogens with two attached hydrogens (primary N) is 1. The van der Waals surface area contributed by atoms with Crippen molar-refractivity contribution in [1.82, 2.24) is 9.78 Å². The van der Waals surface area contributed by atoms with Crippen LogP contribution in [0.15, 0.2) is 12.3 Å². The van der Waals surface area contributed by atoms with Crippen LogP contribution in [-0.2, 0) is 15.7 Å². The minimum atomic E-state index is -1.86. The lowest BCUT2D eigenvalue weighted by Gasteiger charge is -2.38. The van der Waals surface area contributed by atoms with Crippen molar-refractivity contribution in [2.24, 2.45) is 5.92 Å². The highest BCUT2D eigenvalue weighted by atomic mass is 28.4. The van der Waals surface area contributed by atoms with Crippen LogP contribution >= 0.6 is 0 Å². The van der Waals surface area contributed by atoms with Gasteiger partial charge in [-0.3, -0.25) is 4.68 Å². The van der Waals surface area contributed by atoms with Crippen molar-refractivity contribution in [1.29, 1.82) is 0 Å². The van der Waals surface area contributed by atoms with Crippen LogP contribution in [0.3, 0.4) is 0 Å². The summed E-state index contributed by atoms with van der Waals surface area (Å²) in [6.45, 7) is 16.1. The number of hydrogen-bond donors (Lipinski definition) is 1. The Balaban J connectivity index is 1.95. The van der Waals surface area contributed by atoms with Gasteiger partial charge in [0.15, 0.2) is 14.1 Å². The molecule has 2 atom stereocenters. The second-order valence-corrected chi connectivity index (χ2v) is 14.9. The summed E-state index contributed by atoms with van der Waals surface area (Å²) in [7, 11) is -0.231. The highest BCUT2D eigenvalue weighted by Gasteiger charge is 2.40. The second kappa shape index (κ2) is 8.47. The fraction of sp³-hybridized carbons (Fsp3) is 0.682. The van der Waals surface area contributed by atoms with Crippen LogP contribution in [0.25, 0.3) is 10.9 Å². The summed E-state index contributed by atoms with van der Waals surface area (Å²) < 4.78 is 28.2. The van der Waals surface area contributed by atoms with Crippen molar-refractivity contribution >= 4 is 30.6 Å². The predicted octanol–water partition coefficient (Wildman–Crippen LogP) is 4.64. The smallest absolute Gasteiger partial charge is 0.192 e. The van der Waals surface area contributed by atoms with Gasteiger partial charge >= 0.3 is 0 Å². The van der Waals surface area contributed by atoms with Crippen LogP contribution < -0.4 is 10.6 Å². The Hall–Kier alpha value is -1.64. The summed E-state index contributed by atoms with van der Waals surface area (Å²) in [4.78, 5) is 2.32. The molecule has 2 heterocycles. The Morgan fingerprint density at radius 1 is 1.33 bits per heavy atom. The number of ether oxygens (including phenoxy) is 1. The number of aromatic nitrogens is 2. The highest BCUT2D eigenvalue weighted by molar-refractivity contribution is 6.74. The maximum Gasteiger partial charge on any atom is 0.192 e. The maximum absolute atomic E-state index is 14.8. The zero-order valence-electron chi connectivity index (χ0n) is 19.5. The molecule has 8 heteroatoms. The average Bonchev–Trinajstić information content (AvgIpc) is 3.21. The van der Waals surface area contributed by atoms with E-state index in [-0.39, 0.29) is 16.9 Å². The van der Waals surface area contributed by atoms with Gasteiger partial charge < -0.3 is 19.8 Å². The second-order valence-electron chi connectivity index (χ2n) is 10.1. The lowest BCUT2D eigenvalue weighted by Crippen LogP contribution is -2.45. The molecule has 0 radical (unpaired) electrons. The lowest BCUT2D eigenvalue weighted by molar-refractivity contribution is 0.184. The summed E-state index contributed by atoms with van der Waals surface area (Å²) in [5.74, 6) is 0.169. The van der Waals surface area contributed by atoms with E-state index in [2.05, 4.69) is 50.8 Å². The standard InChI is InChI=1S/C22H37FN4O2Si/c1-15-10-16(14-29-30(6,7)22(2,3)4)26(13-15)21-17-12-25-27(8-9-28-5)20(17)18(23)11-19(21)24/h11-12,15-16H,8-10,13-14,24H2,1-7H3/t15-,16-/m0/s1. The third-order valence-electron chi connectivity index (χ3n) is 6.74. The van der Waals surface area contributed by atoms with Gasteiger partial charge in [0.2, 0.25) is 0 Å². The van der Waals surface area contributed by atoms with Gasteiger partial charge in [-0.15, -0.1) is 0 Å². The number of nitrogens with zero attached hydrogens (tertiary/aromatic N) is 3. The third-order valence-corrected chi connectivity index (χ3v) is 11.2. The molecule has 0 aliphatic carbocycles. The van der Waals surface area contributed by atoms with Gasteiger partial charge in [0.25, 0.3) is 0 Å². The van der Waals surface area contributed by atoms with Gasteiger partial charge in [-0.2, -0.15) is 5.10 Å². The van der Waals surface area contributed by atoms with Crippen LogP contribution in [-0.4, -0.2) is 51.0 Å². The van der Waals surface area contributed by atoms with Gasteiger partial charge in [-0.25, -0.2) is 4.39 Å². The summed E-state index contributed by atoms with van der Waals surface area (Å²) in [5.41, 5.74) is 8.18. The molecule has 6 nitrogen and oxygen atoms in total. The minimum Gasteiger partial charge on any atom is -0.415 e. The molecule has 1 fully saturated rings. The number of nitrogen functional groups attached to an aromatic ring is 1. The van der Waals surface area contributed by atoms with Crippen molar-refractivity contribution in [2.75, 3.05) is 37.5 Å². The molecule has 1 aromatic heterocycles. The van der Waals surface area contributed by atoms with Crippen LogP contribution in [0.4, 0.5) is 15.8 Å². The monoisotopic (exact) mass is 436 g/mol. The molecule has 1 aliphatic rings. The number of benzene rings is 1. The molecule has 30 heavy (non-hydrogen) atoms. The number of hydrogen-bond acceptors (Lipinski definition) is 5. The number of anilines is 2. The number of fused-ring (bicyclic) bond motifs is 1. The Morgan fingerprint density at radius 2 is 2.03 bits per heavy atom. The van der Waals surface area contributed by atoms with Crippen molar-refractivity contribution in [3.63, 3.8) is 0 Å². The van der Waals surface area contributed by atoms with Crippen LogP contribution in [0.2, 0.25) is 18.1 Å². The van der Waals surface area contributed by atoms with Crippen LogP contribution in [0.1, 0.15) is 34.1 Å². The van der Waals surface area contributed by atoms with Crippen molar-refractivity contribution in [3.05, 3.63) is 18.1 Å². The van der Waals surface area contributed by atoms with E-state index in [0.717, 1.165) is 24.0 Å². The van der Waals surface area contributed by atoms with E-state index in [1.165, 1.54) is 6.07 Å². The van der Waals surface area contributed by atoms with Crippen molar-refractivity contribution < 1.29 is 13.6 Å². The average molecular weight is 437 g/mol. The molecule has 1 aliphatic heterocycles. The van der Waals surface area contributed by atoms with Gasteiger partial charge in [-0.1, -0.05) is 27.7 Å². The normalized spacial score (nSPS) is 20.5. The van der Waals surface area contributed by atoms with E-state index in [0.29, 0.717) is 36.9 Å². The SMILES string of the molecule is COCCn1ncc2c(N3C[C@@H](C)C[C@H]3CO[Si](C)(C)C(C)(C)C)c(N)cc(F)c21. The maximum atomic E-state index is 14.8. The fourth-order valence-corrected chi connectivity index (χ4v) is 5.05.